The van der Waals surface area contributed by atoms with Gasteiger partial charge in [-0.15, -0.1) is 0 Å². The largest absolute Gasteiger partial charge is 0.276 e. The van der Waals surface area contributed by atoms with Crippen LogP contribution in [0.25, 0.3) is 6.08 Å². The molecule has 0 spiro atoms. The molecule has 0 aliphatic heterocycles. The summed E-state index contributed by atoms with van der Waals surface area (Å²) in [6.07, 6.45) is 4.85. The minimum atomic E-state index is -3.66. The minimum absolute atomic E-state index is 0.107. The third-order valence-corrected chi connectivity index (χ3v) is 4.04. The number of allylic oxidation sites excluding steroid dienone is 1. The lowest BCUT2D eigenvalue weighted by atomic mass is 10.2. The summed E-state index contributed by atoms with van der Waals surface area (Å²) in [5.41, 5.74) is 1.00. The summed E-state index contributed by atoms with van der Waals surface area (Å²) >= 11 is 5.71. The molecule has 0 atom stereocenters. The predicted octanol–water partition coefficient (Wildman–Crippen LogP) is 3.32. The highest BCUT2D eigenvalue weighted by molar-refractivity contribution is 7.89. The van der Waals surface area contributed by atoms with Crippen molar-refractivity contribution in [2.45, 2.75) is 4.90 Å². The Morgan fingerprint density at radius 3 is 2.33 bits per heavy atom. The molecule has 0 saturated heterocycles. The highest BCUT2D eigenvalue weighted by Crippen LogP contribution is 2.13. The molecule has 6 heteroatoms. The zero-order chi connectivity index (χ0) is 15.1. The number of benzene rings is 2. The molecule has 108 valence electrons. The van der Waals surface area contributed by atoms with Gasteiger partial charge in [-0.25, -0.2) is 4.83 Å². The van der Waals surface area contributed by atoms with Gasteiger partial charge in [0.1, 0.15) is 0 Å². The SMILES string of the molecule is O=S(=O)(N/N=C/C=C/c1ccccc1)c1ccc(Cl)cc1. The second-order valence-corrected chi connectivity index (χ2v) is 6.19. The van der Waals surface area contributed by atoms with Crippen molar-refractivity contribution in [1.82, 2.24) is 4.83 Å². The van der Waals surface area contributed by atoms with Gasteiger partial charge < -0.3 is 0 Å². The van der Waals surface area contributed by atoms with Crippen molar-refractivity contribution in [1.29, 1.82) is 0 Å². The van der Waals surface area contributed by atoms with E-state index >= 15 is 0 Å². The van der Waals surface area contributed by atoms with Gasteiger partial charge >= 0.3 is 0 Å². The van der Waals surface area contributed by atoms with Crippen LogP contribution in [0.5, 0.6) is 0 Å². The first kappa shape index (κ1) is 15.3. The van der Waals surface area contributed by atoms with Crippen molar-refractivity contribution in [3.8, 4) is 0 Å². The van der Waals surface area contributed by atoms with E-state index in [-0.39, 0.29) is 4.90 Å². The van der Waals surface area contributed by atoms with E-state index in [2.05, 4.69) is 9.93 Å². The number of halogens is 1. The van der Waals surface area contributed by atoms with E-state index < -0.39 is 10.0 Å². The summed E-state index contributed by atoms with van der Waals surface area (Å²) < 4.78 is 23.8. The third kappa shape index (κ3) is 4.73. The molecule has 21 heavy (non-hydrogen) atoms. The minimum Gasteiger partial charge on any atom is -0.200 e. The van der Waals surface area contributed by atoms with Crippen molar-refractivity contribution >= 4 is 33.9 Å². The molecule has 0 saturated carbocycles. The molecule has 0 radical (unpaired) electrons. The molecule has 0 fully saturated rings. The molecular weight excluding hydrogens is 308 g/mol. The fraction of sp³-hybridized carbons (Fsp3) is 0. The lowest BCUT2D eigenvalue weighted by Gasteiger charge is -2.02. The van der Waals surface area contributed by atoms with Gasteiger partial charge in [0.2, 0.25) is 0 Å². The molecule has 0 heterocycles. The van der Waals surface area contributed by atoms with Crippen LogP contribution in [0.4, 0.5) is 0 Å². The standard InChI is InChI=1S/C15H13ClN2O2S/c16-14-8-10-15(11-9-14)21(19,20)18-17-12-4-7-13-5-2-1-3-6-13/h1-12,18H/b7-4+,17-12+. The fourth-order valence-electron chi connectivity index (χ4n) is 1.53. The summed E-state index contributed by atoms with van der Waals surface area (Å²) in [6.45, 7) is 0. The first-order valence-electron chi connectivity index (χ1n) is 6.10. The van der Waals surface area contributed by atoms with Gasteiger partial charge in [-0.05, 0) is 35.9 Å². The average molecular weight is 321 g/mol. The smallest absolute Gasteiger partial charge is 0.200 e. The Hall–Kier alpha value is -2.11. The number of rotatable bonds is 5. The van der Waals surface area contributed by atoms with Gasteiger partial charge in [0.15, 0.2) is 0 Å². The highest BCUT2D eigenvalue weighted by Gasteiger charge is 2.11. The van der Waals surface area contributed by atoms with Crippen LogP contribution in [-0.2, 0) is 10.0 Å². The maximum Gasteiger partial charge on any atom is 0.276 e. The number of nitrogens with zero attached hydrogens (tertiary/aromatic N) is 1. The molecule has 2 rings (SSSR count). The maximum absolute atomic E-state index is 11.9. The van der Waals surface area contributed by atoms with Gasteiger partial charge in [-0.1, -0.05) is 48.0 Å². The summed E-state index contributed by atoms with van der Waals surface area (Å²) in [5, 5.41) is 4.15. The van der Waals surface area contributed by atoms with E-state index in [4.69, 9.17) is 11.6 Å². The number of nitrogens with one attached hydrogen (secondary N) is 1. The van der Waals surface area contributed by atoms with Crippen molar-refractivity contribution < 1.29 is 8.42 Å². The molecule has 1 N–H and O–H groups in total. The summed E-state index contributed by atoms with van der Waals surface area (Å²) in [6, 6.07) is 15.5. The Bertz CT molecular complexity index is 739. The Morgan fingerprint density at radius 2 is 1.67 bits per heavy atom. The molecule has 0 amide bonds. The van der Waals surface area contributed by atoms with E-state index in [0.717, 1.165) is 5.56 Å². The van der Waals surface area contributed by atoms with E-state index in [0.29, 0.717) is 5.02 Å². The first-order valence-corrected chi connectivity index (χ1v) is 7.96. The summed E-state index contributed by atoms with van der Waals surface area (Å²) in [5.74, 6) is 0. The topological polar surface area (TPSA) is 58.5 Å². The highest BCUT2D eigenvalue weighted by atomic mass is 35.5. The van der Waals surface area contributed by atoms with Gasteiger partial charge in [0.25, 0.3) is 10.0 Å². The molecule has 0 aromatic heterocycles. The summed E-state index contributed by atoms with van der Waals surface area (Å²) in [7, 11) is -3.66. The van der Waals surface area contributed by atoms with E-state index in [9.17, 15) is 8.42 Å². The second-order valence-electron chi connectivity index (χ2n) is 4.10. The summed E-state index contributed by atoms with van der Waals surface area (Å²) in [4.78, 5) is 2.24. The third-order valence-electron chi connectivity index (χ3n) is 2.55. The number of hydrogen-bond donors (Lipinski definition) is 1. The molecule has 2 aromatic rings. The lowest BCUT2D eigenvalue weighted by molar-refractivity contribution is 0.584. The van der Waals surface area contributed by atoms with Crippen LogP contribution in [0.2, 0.25) is 5.02 Å². The van der Waals surface area contributed by atoms with Crippen molar-refractivity contribution in [3.05, 3.63) is 71.3 Å². The van der Waals surface area contributed by atoms with Crippen LogP contribution in [0.3, 0.4) is 0 Å². The van der Waals surface area contributed by atoms with Gasteiger partial charge in [-0.2, -0.15) is 13.5 Å². The van der Waals surface area contributed by atoms with Gasteiger partial charge in [-0.3, -0.25) is 0 Å². The molecule has 0 unspecified atom stereocenters. The number of hydrazone groups is 1. The van der Waals surface area contributed by atoms with Crippen LogP contribution in [0, 0.1) is 0 Å². The molecule has 0 aliphatic carbocycles. The van der Waals surface area contributed by atoms with Crippen molar-refractivity contribution in [2.75, 3.05) is 0 Å². The van der Waals surface area contributed by atoms with Gasteiger partial charge in [0, 0.05) is 11.2 Å². The van der Waals surface area contributed by atoms with Crippen molar-refractivity contribution in [2.24, 2.45) is 5.10 Å². The van der Waals surface area contributed by atoms with Crippen LogP contribution >= 0.6 is 11.6 Å². The van der Waals surface area contributed by atoms with E-state index in [1.807, 2.05) is 36.4 Å². The average Bonchev–Trinajstić information content (AvgIpc) is 2.48. The number of sulfonamides is 1. The first-order chi connectivity index (χ1) is 10.1. The molecule has 2 aromatic carbocycles. The van der Waals surface area contributed by atoms with Gasteiger partial charge in [0.05, 0.1) is 4.90 Å². The van der Waals surface area contributed by atoms with Crippen LogP contribution < -0.4 is 4.83 Å². The Labute approximate surface area is 128 Å². The maximum atomic E-state index is 11.9. The monoisotopic (exact) mass is 320 g/mol. The lowest BCUT2D eigenvalue weighted by Crippen LogP contribution is -2.17. The normalized spacial score (nSPS) is 12.0. The van der Waals surface area contributed by atoms with E-state index in [1.165, 1.54) is 30.5 Å². The zero-order valence-electron chi connectivity index (χ0n) is 11.0. The predicted molar refractivity (Wildman–Crippen MR) is 85.7 cm³/mol. The van der Waals surface area contributed by atoms with Crippen LogP contribution in [-0.4, -0.2) is 14.6 Å². The quantitative estimate of drug-likeness (QED) is 0.678. The molecule has 0 aliphatic rings. The fourth-order valence-corrected chi connectivity index (χ4v) is 2.45. The molecular formula is C15H13ClN2O2S. The molecule has 4 nitrogen and oxygen atoms in total. The zero-order valence-corrected chi connectivity index (χ0v) is 12.6. The van der Waals surface area contributed by atoms with Crippen LogP contribution in [0.1, 0.15) is 5.56 Å². The van der Waals surface area contributed by atoms with Crippen LogP contribution in [0.15, 0.2) is 70.7 Å². The Balaban J connectivity index is 1.97. The Kier molecular flexibility index (Phi) is 5.14. The molecule has 0 bridgehead atoms. The van der Waals surface area contributed by atoms with Crippen molar-refractivity contribution in [3.63, 3.8) is 0 Å². The second kappa shape index (κ2) is 7.06. The Morgan fingerprint density at radius 1 is 1.00 bits per heavy atom. The number of hydrogen-bond acceptors (Lipinski definition) is 3. The van der Waals surface area contributed by atoms with E-state index in [1.54, 1.807) is 6.08 Å².